The molecule has 0 radical (unpaired) electrons. The Bertz CT molecular complexity index is 715. The van der Waals surface area contributed by atoms with Crippen LogP contribution in [0.25, 0.3) is 11.1 Å². The number of amides is 1. The van der Waals surface area contributed by atoms with E-state index in [2.05, 4.69) is 33.9 Å². The van der Waals surface area contributed by atoms with E-state index in [0.29, 0.717) is 5.82 Å². The molecule has 2 aromatic rings. The molecular weight excluding hydrogens is 264 g/mol. The van der Waals surface area contributed by atoms with Crippen LogP contribution in [0, 0.1) is 12.3 Å². The Balaban J connectivity index is 2.04. The van der Waals surface area contributed by atoms with Crippen molar-refractivity contribution in [1.29, 1.82) is 0 Å². The number of aromatic nitrogens is 3. The molecule has 21 heavy (non-hydrogen) atoms. The number of carbonyl (C=O) groups excluding carboxylic acids is 1. The number of nitrogens with one attached hydrogen (secondary N) is 1. The molecule has 110 valence electrons. The van der Waals surface area contributed by atoms with Crippen LogP contribution in [0.5, 0.6) is 0 Å². The lowest BCUT2D eigenvalue weighted by molar-refractivity contribution is -0.114. The van der Waals surface area contributed by atoms with E-state index in [1.165, 1.54) is 12.6 Å². The van der Waals surface area contributed by atoms with Gasteiger partial charge in [0, 0.05) is 30.9 Å². The standard InChI is InChI=1S/C16H20N4O/c1-10-7-17-15(19-11(2)21)5-12(10)13-8-18-20-9-16(3,4)6-14(13)20/h5,7-8H,6,9H2,1-4H3,(H,17,19,21). The van der Waals surface area contributed by atoms with Crippen LogP contribution in [0.4, 0.5) is 5.82 Å². The molecule has 0 fully saturated rings. The summed E-state index contributed by atoms with van der Waals surface area (Å²) in [6.45, 7) is 8.98. The lowest BCUT2D eigenvalue weighted by Crippen LogP contribution is -2.12. The lowest BCUT2D eigenvalue weighted by Gasteiger charge is -2.15. The summed E-state index contributed by atoms with van der Waals surface area (Å²) >= 11 is 0. The van der Waals surface area contributed by atoms with Crippen molar-refractivity contribution in [3.63, 3.8) is 0 Å². The van der Waals surface area contributed by atoms with E-state index in [0.717, 1.165) is 29.7 Å². The summed E-state index contributed by atoms with van der Waals surface area (Å²) in [7, 11) is 0. The number of pyridine rings is 1. The van der Waals surface area contributed by atoms with Crippen molar-refractivity contribution in [2.75, 3.05) is 5.32 Å². The Morgan fingerprint density at radius 2 is 2.10 bits per heavy atom. The molecule has 0 spiro atoms. The molecule has 1 amide bonds. The van der Waals surface area contributed by atoms with Crippen molar-refractivity contribution in [1.82, 2.24) is 14.8 Å². The SMILES string of the molecule is CC(=O)Nc1cc(-c2cnn3c2CC(C)(C)C3)c(C)cn1. The summed E-state index contributed by atoms with van der Waals surface area (Å²) in [6.07, 6.45) is 4.73. The molecule has 0 bridgehead atoms. The van der Waals surface area contributed by atoms with Crippen LogP contribution < -0.4 is 5.32 Å². The minimum absolute atomic E-state index is 0.112. The highest BCUT2D eigenvalue weighted by atomic mass is 16.1. The van der Waals surface area contributed by atoms with Gasteiger partial charge in [-0.1, -0.05) is 13.8 Å². The van der Waals surface area contributed by atoms with Crippen LogP contribution in [-0.2, 0) is 17.8 Å². The zero-order chi connectivity index (χ0) is 15.2. The average molecular weight is 284 g/mol. The third-order valence-corrected chi connectivity index (χ3v) is 3.87. The molecule has 3 heterocycles. The van der Waals surface area contributed by atoms with Gasteiger partial charge < -0.3 is 5.32 Å². The number of hydrogen-bond acceptors (Lipinski definition) is 3. The summed E-state index contributed by atoms with van der Waals surface area (Å²) in [5.41, 5.74) is 4.84. The normalized spacial score (nSPS) is 15.8. The molecule has 5 heteroatoms. The average Bonchev–Trinajstić information content (AvgIpc) is 2.86. The molecule has 1 N–H and O–H groups in total. The second-order valence-electron chi connectivity index (χ2n) is 6.57. The molecule has 1 aliphatic heterocycles. The number of nitrogens with zero attached hydrogens (tertiary/aromatic N) is 3. The van der Waals surface area contributed by atoms with Crippen molar-refractivity contribution in [2.24, 2.45) is 5.41 Å². The molecular formula is C16H20N4O. The maximum absolute atomic E-state index is 11.2. The molecule has 0 aromatic carbocycles. The zero-order valence-corrected chi connectivity index (χ0v) is 12.9. The second kappa shape index (κ2) is 4.69. The molecule has 0 unspecified atom stereocenters. The maximum atomic E-state index is 11.2. The van der Waals surface area contributed by atoms with Crippen molar-refractivity contribution in [3.8, 4) is 11.1 Å². The number of anilines is 1. The zero-order valence-electron chi connectivity index (χ0n) is 12.9. The van der Waals surface area contributed by atoms with Gasteiger partial charge >= 0.3 is 0 Å². The highest BCUT2D eigenvalue weighted by Crippen LogP contribution is 2.38. The van der Waals surface area contributed by atoms with E-state index >= 15 is 0 Å². The van der Waals surface area contributed by atoms with E-state index in [-0.39, 0.29) is 11.3 Å². The second-order valence-corrected chi connectivity index (χ2v) is 6.57. The quantitative estimate of drug-likeness (QED) is 0.922. The van der Waals surface area contributed by atoms with Crippen LogP contribution in [0.15, 0.2) is 18.5 Å². The van der Waals surface area contributed by atoms with Crippen LogP contribution >= 0.6 is 0 Å². The largest absolute Gasteiger partial charge is 0.311 e. The topological polar surface area (TPSA) is 59.8 Å². The molecule has 0 saturated carbocycles. The Hall–Kier alpha value is -2.17. The van der Waals surface area contributed by atoms with E-state index in [9.17, 15) is 4.79 Å². The van der Waals surface area contributed by atoms with E-state index < -0.39 is 0 Å². The van der Waals surface area contributed by atoms with Gasteiger partial charge in [-0.15, -0.1) is 0 Å². The Morgan fingerprint density at radius 3 is 2.81 bits per heavy atom. The van der Waals surface area contributed by atoms with Crippen LogP contribution in [0.3, 0.4) is 0 Å². The Kier molecular flexibility index (Phi) is 3.08. The molecule has 0 atom stereocenters. The van der Waals surface area contributed by atoms with Crippen LogP contribution in [0.1, 0.15) is 32.0 Å². The fourth-order valence-electron chi connectivity index (χ4n) is 2.94. The minimum Gasteiger partial charge on any atom is -0.311 e. The third-order valence-electron chi connectivity index (χ3n) is 3.87. The van der Waals surface area contributed by atoms with Gasteiger partial charge in [-0.3, -0.25) is 9.48 Å². The summed E-state index contributed by atoms with van der Waals surface area (Å²) in [4.78, 5) is 15.5. The van der Waals surface area contributed by atoms with Gasteiger partial charge in [0.25, 0.3) is 0 Å². The first-order valence-corrected chi connectivity index (χ1v) is 7.15. The van der Waals surface area contributed by atoms with Crippen molar-refractivity contribution < 1.29 is 4.79 Å². The highest BCUT2D eigenvalue weighted by molar-refractivity contribution is 5.88. The summed E-state index contributed by atoms with van der Waals surface area (Å²) < 4.78 is 2.09. The van der Waals surface area contributed by atoms with Crippen molar-refractivity contribution >= 4 is 11.7 Å². The van der Waals surface area contributed by atoms with Gasteiger partial charge in [0.05, 0.1) is 6.20 Å². The van der Waals surface area contributed by atoms with Crippen LogP contribution in [-0.4, -0.2) is 20.7 Å². The monoisotopic (exact) mass is 284 g/mol. The maximum Gasteiger partial charge on any atom is 0.222 e. The molecule has 0 saturated heterocycles. The number of fused-ring (bicyclic) bond motifs is 1. The van der Waals surface area contributed by atoms with Crippen molar-refractivity contribution in [2.45, 2.75) is 40.7 Å². The lowest BCUT2D eigenvalue weighted by atomic mass is 9.89. The van der Waals surface area contributed by atoms with Crippen LogP contribution in [0.2, 0.25) is 0 Å². The summed E-state index contributed by atoms with van der Waals surface area (Å²) in [5, 5.41) is 7.25. The molecule has 5 nitrogen and oxygen atoms in total. The summed E-state index contributed by atoms with van der Waals surface area (Å²) in [5.74, 6) is 0.471. The molecule has 0 aliphatic carbocycles. The number of hydrogen-bond donors (Lipinski definition) is 1. The number of rotatable bonds is 2. The first-order valence-electron chi connectivity index (χ1n) is 7.15. The van der Waals surface area contributed by atoms with E-state index in [1.54, 1.807) is 6.20 Å². The fraction of sp³-hybridized carbons (Fsp3) is 0.438. The Labute approximate surface area is 124 Å². The highest BCUT2D eigenvalue weighted by Gasteiger charge is 2.31. The first-order chi connectivity index (χ1) is 9.85. The van der Waals surface area contributed by atoms with E-state index in [1.807, 2.05) is 19.2 Å². The van der Waals surface area contributed by atoms with Gasteiger partial charge in [0.1, 0.15) is 5.82 Å². The van der Waals surface area contributed by atoms with E-state index in [4.69, 9.17) is 0 Å². The van der Waals surface area contributed by atoms with Gasteiger partial charge in [-0.05, 0) is 36.0 Å². The molecule has 3 rings (SSSR count). The van der Waals surface area contributed by atoms with Gasteiger partial charge in [0.15, 0.2) is 0 Å². The van der Waals surface area contributed by atoms with Gasteiger partial charge in [-0.2, -0.15) is 5.10 Å². The number of carbonyl (C=O) groups is 1. The third kappa shape index (κ3) is 2.55. The predicted molar refractivity (Wildman–Crippen MR) is 82.0 cm³/mol. The smallest absolute Gasteiger partial charge is 0.222 e. The molecule has 2 aromatic heterocycles. The minimum atomic E-state index is -0.112. The van der Waals surface area contributed by atoms with Gasteiger partial charge in [0.2, 0.25) is 5.91 Å². The first kappa shape index (κ1) is 13.8. The van der Waals surface area contributed by atoms with Crippen molar-refractivity contribution in [3.05, 3.63) is 29.7 Å². The predicted octanol–water partition coefficient (Wildman–Crippen LogP) is 2.79. The molecule has 1 aliphatic rings. The summed E-state index contributed by atoms with van der Waals surface area (Å²) in [6, 6.07) is 1.93. The number of aryl methyl sites for hydroxylation is 1. The Morgan fingerprint density at radius 1 is 1.33 bits per heavy atom. The van der Waals surface area contributed by atoms with Gasteiger partial charge in [-0.25, -0.2) is 4.98 Å². The fourth-order valence-corrected chi connectivity index (χ4v) is 2.94.